The number of thiophene rings is 1. The summed E-state index contributed by atoms with van der Waals surface area (Å²) in [6, 6.07) is 11.3. The number of rotatable bonds is 5. The number of hydrogen-bond acceptors (Lipinski definition) is 5. The number of methoxy groups -OCH3 is 1. The molecule has 6 heteroatoms. The fourth-order valence-corrected chi connectivity index (χ4v) is 3.93. The summed E-state index contributed by atoms with van der Waals surface area (Å²) in [4.78, 5) is 18.6. The molecule has 27 heavy (non-hydrogen) atoms. The zero-order chi connectivity index (χ0) is 18.8. The Morgan fingerprint density at radius 2 is 2.11 bits per heavy atom. The molecule has 0 fully saturated rings. The van der Waals surface area contributed by atoms with Gasteiger partial charge in [0.1, 0.15) is 22.2 Å². The van der Waals surface area contributed by atoms with E-state index in [-0.39, 0.29) is 12.1 Å². The van der Waals surface area contributed by atoms with Crippen LogP contribution < -0.4 is 10.3 Å². The van der Waals surface area contributed by atoms with Gasteiger partial charge in [0.25, 0.3) is 5.56 Å². The van der Waals surface area contributed by atoms with Gasteiger partial charge in [-0.3, -0.25) is 9.36 Å². The normalized spacial score (nSPS) is 10.8. The maximum absolute atomic E-state index is 13.2. The minimum absolute atomic E-state index is 0.144. The first-order valence-electron chi connectivity index (χ1n) is 8.32. The van der Waals surface area contributed by atoms with Crippen LogP contribution in [0.5, 0.6) is 5.75 Å². The van der Waals surface area contributed by atoms with E-state index in [0.717, 1.165) is 16.9 Å². The van der Waals surface area contributed by atoms with Crippen molar-refractivity contribution in [2.24, 2.45) is 0 Å². The van der Waals surface area contributed by atoms with Crippen molar-refractivity contribution < 1.29 is 9.15 Å². The summed E-state index contributed by atoms with van der Waals surface area (Å²) >= 11 is 1.43. The first-order chi connectivity index (χ1) is 13.2. The van der Waals surface area contributed by atoms with E-state index in [2.05, 4.69) is 5.92 Å². The number of benzene rings is 1. The first-order valence-corrected chi connectivity index (χ1v) is 9.20. The molecule has 4 aromatic rings. The summed E-state index contributed by atoms with van der Waals surface area (Å²) < 4.78 is 12.2. The molecular formula is C21H16N2O3S. The van der Waals surface area contributed by atoms with E-state index in [1.807, 2.05) is 35.7 Å². The number of ether oxygens (including phenoxy) is 1. The van der Waals surface area contributed by atoms with Crippen LogP contribution in [0.2, 0.25) is 0 Å². The molecule has 0 aliphatic heterocycles. The van der Waals surface area contributed by atoms with Crippen LogP contribution in [0, 0.1) is 12.3 Å². The topological polar surface area (TPSA) is 57.3 Å². The summed E-state index contributed by atoms with van der Waals surface area (Å²) in [5.41, 5.74) is 1.63. The number of hydrogen-bond donors (Lipinski definition) is 0. The van der Waals surface area contributed by atoms with E-state index < -0.39 is 0 Å². The molecule has 3 heterocycles. The highest BCUT2D eigenvalue weighted by molar-refractivity contribution is 7.17. The lowest BCUT2D eigenvalue weighted by molar-refractivity contribution is 0.414. The molecule has 0 amide bonds. The van der Waals surface area contributed by atoms with E-state index in [1.165, 1.54) is 11.3 Å². The summed E-state index contributed by atoms with van der Waals surface area (Å²) in [5.74, 6) is 4.64. The predicted molar refractivity (Wildman–Crippen MR) is 106 cm³/mol. The molecule has 0 unspecified atom stereocenters. The Kier molecular flexibility index (Phi) is 4.53. The van der Waals surface area contributed by atoms with Gasteiger partial charge < -0.3 is 9.15 Å². The fourth-order valence-electron chi connectivity index (χ4n) is 2.99. The highest BCUT2D eigenvalue weighted by atomic mass is 32.1. The van der Waals surface area contributed by atoms with Gasteiger partial charge in [0.15, 0.2) is 0 Å². The maximum Gasteiger partial charge on any atom is 0.263 e. The molecule has 0 radical (unpaired) electrons. The number of terminal acetylenes is 1. The average molecular weight is 376 g/mol. The van der Waals surface area contributed by atoms with Crippen LogP contribution in [0.15, 0.2) is 57.3 Å². The molecular weight excluding hydrogens is 360 g/mol. The first kappa shape index (κ1) is 17.1. The zero-order valence-corrected chi connectivity index (χ0v) is 15.5. The van der Waals surface area contributed by atoms with Crippen LogP contribution in [-0.2, 0) is 13.0 Å². The van der Waals surface area contributed by atoms with Crippen molar-refractivity contribution in [1.82, 2.24) is 9.55 Å². The van der Waals surface area contributed by atoms with Gasteiger partial charge in [-0.25, -0.2) is 4.98 Å². The third-order valence-corrected chi connectivity index (χ3v) is 5.20. The number of fused-ring (bicyclic) bond motifs is 1. The number of nitrogens with zero attached hydrogens (tertiary/aromatic N) is 2. The molecule has 0 aliphatic rings. The molecule has 4 rings (SSSR count). The van der Waals surface area contributed by atoms with Crippen LogP contribution in [0.1, 0.15) is 11.4 Å². The van der Waals surface area contributed by atoms with E-state index in [4.69, 9.17) is 20.6 Å². The molecule has 0 saturated heterocycles. The standard InChI is InChI=1S/C21H16N2O3S/c1-3-10-23-18(12-14-6-8-15(25-2)9-7-14)22-20-19(21(23)24)16(13-27-20)17-5-4-11-26-17/h1,4-9,11,13H,10,12H2,2H3. The minimum Gasteiger partial charge on any atom is -0.497 e. The Morgan fingerprint density at radius 3 is 2.78 bits per heavy atom. The van der Waals surface area contributed by atoms with Crippen molar-refractivity contribution >= 4 is 21.6 Å². The van der Waals surface area contributed by atoms with Crippen molar-refractivity contribution in [2.75, 3.05) is 7.11 Å². The van der Waals surface area contributed by atoms with Gasteiger partial charge in [-0.1, -0.05) is 18.1 Å². The largest absolute Gasteiger partial charge is 0.497 e. The molecule has 1 aromatic carbocycles. The molecule has 3 aromatic heterocycles. The van der Waals surface area contributed by atoms with Crippen molar-refractivity contribution in [3.8, 4) is 29.4 Å². The van der Waals surface area contributed by atoms with E-state index in [0.29, 0.717) is 28.2 Å². The Hall–Kier alpha value is -3.30. The third kappa shape index (κ3) is 3.14. The summed E-state index contributed by atoms with van der Waals surface area (Å²) in [6.45, 7) is 0.167. The van der Waals surface area contributed by atoms with Crippen LogP contribution in [-0.4, -0.2) is 16.7 Å². The zero-order valence-electron chi connectivity index (χ0n) is 14.6. The fraction of sp³-hybridized carbons (Fsp3) is 0.143. The quantitative estimate of drug-likeness (QED) is 0.495. The van der Waals surface area contributed by atoms with E-state index in [9.17, 15) is 4.79 Å². The van der Waals surface area contributed by atoms with Crippen LogP contribution in [0.4, 0.5) is 0 Å². The summed E-state index contributed by atoms with van der Waals surface area (Å²) in [5, 5.41) is 2.44. The predicted octanol–water partition coefficient (Wildman–Crippen LogP) is 3.95. The van der Waals surface area contributed by atoms with Gasteiger partial charge in [-0.05, 0) is 29.8 Å². The molecule has 0 saturated carbocycles. The second-order valence-electron chi connectivity index (χ2n) is 5.96. The monoisotopic (exact) mass is 376 g/mol. The Labute approximate surface area is 159 Å². The molecule has 0 spiro atoms. The lowest BCUT2D eigenvalue weighted by atomic mass is 10.1. The smallest absolute Gasteiger partial charge is 0.263 e. The van der Waals surface area contributed by atoms with E-state index >= 15 is 0 Å². The summed E-state index contributed by atoms with van der Waals surface area (Å²) in [6.07, 6.45) is 7.60. The van der Waals surface area contributed by atoms with Gasteiger partial charge in [-0.2, -0.15) is 0 Å². The maximum atomic E-state index is 13.2. The highest BCUT2D eigenvalue weighted by Gasteiger charge is 2.18. The van der Waals surface area contributed by atoms with Crippen molar-refractivity contribution in [2.45, 2.75) is 13.0 Å². The van der Waals surface area contributed by atoms with Gasteiger partial charge in [-0.15, -0.1) is 17.8 Å². The Balaban J connectivity index is 1.84. The SMILES string of the molecule is C#CCn1c(Cc2ccc(OC)cc2)nc2scc(-c3ccco3)c2c1=O. The van der Waals surface area contributed by atoms with Gasteiger partial charge in [0.05, 0.1) is 25.3 Å². The average Bonchev–Trinajstić information content (AvgIpc) is 3.35. The second kappa shape index (κ2) is 7.14. The second-order valence-corrected chi connectivity index (χ2v) is 6.81. The lowest BCUT2D eigenvalue weighted by Crippen LogP contribution is -2.25. The van der Waals surface area contributed by atoms with Gasteiger partial charge in [0, 0.05) is 17.4 Å². The number of aromatic nitrogens is 2. The Morgan fingerprint density at radius 1 is 1.30 bits per heavy atom. The minimum atomic E-state index is -0.144. The molecule has 0 atom stereocenters. The van der Waals surface area contributed by atoms with Crippen molar-refractivity contribution in [1.29, 1.82) is 0 Å². The lowest BCUT2D eigenvalue weighted by Gasteiger charge is -2.11. The molecule has 0 bridgehead atoms. The molecule has 5 nitrogen and oxygen atoms in total. The number of furan rings is 1. The molecule has 0 aliphatic carbocycles. The van der Waals surface area contributed by atoms with Crippen molar-refractivity contribution in [3.63, 3.8) is 0 Å². The molecule has 0 N–H and O–H groups in total. The van der Waals surface area contributed by atoms with Crippen LogP contribution >= 0.6 is 11.3 Å². The highest BCUT2D eigenvalue weighted by Crippen LogP contribution is 2.31. The van der Waals surface area contributed by atoms with Crippen molar-refractivity contribution in [3.05, 3.63) is 69.8 Å². The van der Waals surface area contributed by atoms with Gasteiger partial charge in [0.2, 0.25) is 0 Å². The van der Waals surface area contributed by atoms with E-state index in [1.54, 1.807) is 24.0 Å². The van der Waals surface area contributed by atoms with Crippen LogP contribution in [0.3, 0.4) is 0 Å². The van der Waals surface area contributed by atoms with Crippen LogP contribution in [0.25, 0.3) is 21.5 Å². The molecule has 134 valence electrons. The third-order valence-electron chi connectivity index (χ3n) is 4.33. The Bertz CT molecular complexity index is 1180. The summed E-state index contributed by atoms with van der Waals surface area (Å²) in [7, 11) is 1.63. The van der Waals surface area contributed by atoms with Gasteiger partial charge >= 0.3 is 0 Å².